The summed E-state index contributed by atoms with van der Waals surface area (Å²) in [5.41, 5.74) is 0. The third-order valence-corrected chi connectivity index (χ3v) is 3.79. The van der Waals surface area contributed by atoms with E-state index in [1.165, 1.54) is 4.31 Å². The molecule has 98 valence electrons. The van der Waals surface area contributed by atoms with Crippen molar-refractivity contribution < 1.29 is 18.3 Å². The highest BCUT2D eigenvalue weighted by Gasteiger charge is 2.21. The lowest BCUT2D eigenvalue weighted by Gasteiger charge is -2.20. The van der Waals surface area contributed by atoms with Crippen LogP contribution in [-0.4, -0.2) is 42.6 Å². The molecule has 0 saturated carbocycles. The van der Waals surface area contributed by atoms with E-state index in [2.05, 4.69) is 0 Å². The summed E-state index contributed by atoms with van der Waals surface area (Å²) in [5, 5.41) is 8.44. The SMILES string of the molecule is CCCN(CCC)S(=O)(=O)CCC(=O)O.Cl. The van der Waals surface area contributed by atoms with Gasteiger partial charge in [-0.1, -0.05) is 13.8 Å². The molecule has 0 aliphatic heterocycles. The Hall–Kier alpha value is -0.330. The molecule has 0 aromatic rings. The molecule has 0 spiro atoms. The molecule has 16 heavy (non-hydrogen) atoms. The molecule has 0 rings (SSSR count). The summed E-state index contributed by atoms with van der Waals surface area (Å²) in [6.07, 6.45) is 1.16. The monoisotopic (exact) mass is 273 g/mol. The fourth-order valence-electron chi connectivity index (χ4n) is 1.23. The second kappa shape index (κ2) is 8.78. The van der Waals surface area contributed by atoms with Crippen molar-refractivity contribution in [2.24, 2.45) is 0 Å². The Morgan fingerprint density at radius 3 is 1.94 bits per heavy atom. The van der Waals surface area contributed by atoms with Crippen molar-refractivity contribution in [2.75, 3.05) is 18.8 Å². The first kappa shape index (κ1) is 18.0. The molecule has 0 aliphatic carbocycles. The lowest BCUT2D eigenvalue weighted by atomic mass is 10.4. The number of rotatable bonds is 8. The maximum atomic E-state index is 11.7. The van der Waals surface area contributed by atoms with Gasteiger partial charge < -0.3 is 5.11 Å². The number of carboxylic acid groups (broad SMARTS) is 1. The Morgan fingerprint density at radius 2 is 1.62 bits per heavy atom. The number of aliphatic carboxylic acids is 1. The van der Waals surface area contributed by atoms with Crippen molar-refractivity contribution in [2.45, 2.75) is 33.1 Å². The Kier molecular flexibility index (Phi) is 9.90. The van der Waals surface area contributed by atoms with Gasteiger partial charge in [-0.15, -0.1) is 12.4 Å². The van der Waals surface area contributed by atoms with Gasteiger partial charge in [-0.3, -0.25) is 4.79 Å². The van der Waals surface area contributed by atoms with Gasteiger partial charge in [0.15, 0.2) is 0 Å². The minimum absolute atomic E-state index is 0. The van der Waals surface area contributed by atoms with E-state index in [0.717, 1.165) is 12.8 Å². The van der Waals surface area contributed by atoms with Crippen LogP contribution in [0, 0.1) is 0 Å². The molecule has 0 atom stereocenters. The van der Waals surface area contributed by atoms with Crippen molar-refractivity contribution >= 4 is 28.4 Å². The number of sulfonamides is 1. The molecule has 1 N–H and O–H groups in total. The van der Waals surface area contributed by atoms with Gasteiger partial charge in [0.1, 0.15) is 0 Å². The quantitative estimate of drug-likeness (QED) is 0.724. The summed E-state index contributed by atoms with van der Waals surface area (Å²) in [4.78, 5) is 10.3. The minimum Gasteiger partial charge on any atom is -0.481 e. The third-order valence-electron chi connectivity index (χ3n) is 1.91. The third kappa shape index (κ3) is 7.03. The van der Waals surface area contributed by atoms with Crippen LogP contribution in [0.4, 0.5) is 0 Å². The molecule has 0 bridgehead atoms. The fraction of sp³-hybridized carbons (Fsp3) is 0.889. The molecule has 0 radical (unpaired) electrons. The first-order chi connectivity index (χ1) is 6.94. The van der Waals surface area contributed by atoms with Crippen LogP contribution in [-0.2, 0) is 14.8 Å². The number of halogens is 1. The summed E-state index contributed by atoms with van der Waals surface area (Å²) in [7, 11) is -3.39. The van der Waals surface area contributed by atoms with E-state index in [-0.39, 0.29) is 24.6 Å². The van der Waals surface area contributed by atoms with Gasteiger partial charge in [0.25, 0.3) is 0 Å². The van der Waals surface area contributed by atoms with Crippen LogP contribution in [0.2, 0.25) is 0 Å². The van der Waals surface area contributed by atoms with Crippen LogP contribution in [0.25, 0.3) is 0 Å². The van der Waals surface area contributed by atoms with Gasteiger partial charge in [-0.05, 0) is 12.8 Å². The van der Waals surface area contributed by atoms with Crippen molar-refractivity contribution in [3.8, 4) is 0 Å². The van der Waals surface area contributed by atoms with Crippen LogP contribution in [0.3, 0.4) is 0 Å². The van der Waals surface area contributed by atoms with E-state index in [9.17, 15) is 13.2 Å². The van der Waals surface area contributed by atoms with E-state index >= 15 is 0 Å². The Bertz CT molecular complexity index is 286. The zero-order chi connectivity index (χ0) is 11.9. The van der Waals surface area contributed by atoms with Crippen LogP contribution < -0.4 is 0 Å². The predicted molar refractivity (Wildman–Crippen MR) is 65.4 cm³/mol. The number of carboxylic acids is 1. The fourth-order valence-corrected chi connectivity index (χ4v) is 2.85. The first-order valence-electron chi connectivity index (χ1n) is 5.13. The molecule has 0 fully saturated rings. The standard InChI is InChI=1S/C9H19NO4S.ClH/c1-3-6-10(7-4-2)15(13,14)8-5-9(11)12;/h3-8H2,1-2H3,(H,11,12);1H. The molecular weight excluding hydrogens is 254 g/mol. The van der Waals surface area contributed by atoms with Crippen molar-refractivity contribution in [1.29, 1.82) is 0 Å². The highest BCUT2D eigenvalue weighted by atomic mass is 35.5. The maximum Gasteiger partial charge on any atom is 0.304 e. The smallest absolute Gasteiger partial charge is 0.304 e. The lowest BCUT2D eigenvalue weighted by Crippen LogP contribution is -2.35. The van der Waals surface area contributed by atoms with Crippen LogP contribution >= 0.6 is 12.4 Å². The predicted octanol–water partition coefficient (Wildman–Crippen LogP) is 1.33. The van der Waals surface area contributed by atoms with E-state index in [4.69, 9.17) is 5.11 Å². The highest BCUT2D eigenvalue weighted by Crippen LogP contribution is 2.05. The average Bonchev–Trinajstić information content (AvgIpc) is 2.15. The first-order valence-corrected chi connectivity index (χ1v) is 6.74. The molecule has 0 aliphatic rings. The molecule has 0 saturated heterocycles. The van der Waals surface area contributed by atoms with Gasteiger partial charge in [-0.2, -0.15) is 0 Å². The van der Waals surface area contributed by atoms with E-state index in [1.54, 1.807) is 0 Å². The molecule has 0 aromatic carbocycles. The molecule has 0 aromatic heterocycles. The van der Waals surface area contributed by atoms with Gasteiger partial charge >= 0.3 is 5.97 Å². The number of carbonyl (C=O) groups is 1. The zero-order valence-electron chi connectivity index (χ0n) is 9.68. The van der Waals surface area contributed by atoms with E-state index in [0.29, 0.717) is 13.1 Å². The van der Waals surface area contributed by atoms with E-state index in [1.807, 2.05) is 13.8 Å². The van der Waals surface area contributed by atoms with Gasteiger partial charge in [0.2, 0.25) is 10.0 Å². The van der Waals surface area contributed by atoms with Crippen LogP contribution in [0.5, 0.6) is 0 Å². The van der Waals surface area contributed by atoms with Crippen molar-refractivity contribution in [3.63, 3.8) is 0 Å². The average molecular weight is 274 g/mol. The number of hydrogen-bond donors (Lipinski definition) is 1. The molecular formula is C9H20ClNO4S. The van der Waals surface area contributed by atoms with Gasteiger partial charge in [0.05, 0.1) is 12.2 Å². The summed E-state index contributed by atoms with van der Waals surface area (Å²) in [5.74, 6) is -1.38. The Balaban J connectivity index is 0. The van der Waals surface area contributed by atoms with Gasteiger partial charge in [-0.25, -0.2) is 12.7 Å². The second-order valence-electron chi connectivity index (χ2n) is 3.36. The van der Waals surface area contributed by atoms with Crippen LogP contribution in [0.15, 0.2) is 0 Å². The topological polar surface area (TPSA) is 74.7 Å². The summed E-state index contributed by atoms with van der Waals surface area (Å²) in [6, 6.07) is 0. The van der Waals surface area contributed by atoms with Crippen molar-refractivity contribution in [1.82, 2.24) is 4.31 Å². The molecule has 0 heterocycles. The van der Waals surface area contributed by atoms with E-state index < -0.39 is 16.0 Å². The normalized spacial score (nSPS) is 11.2. The highest BCUT2D eigenvalue weighted by molar-refractivity contribution is 7.89. The molecule has 7 heteroatoms. The summed E-state index contributed by atoms with van der Waals surface area (Å²) >= 11 is 0. The largest absolute Gasteiger partial charge is 0.481 e. The van der Waals surface area contributed by atoms with Crippen LogP contribution in [0.1, 0.15) is 33.1 Å². The number of nitrogens with zero attached hydrogens (tertiary/aromatic N) is 1. The van der Waals surface area contributed by atoms with Crippen molar-refractivity contribution in [3.05, 3.63) is 0 Å². The Morgan fingerprint density at radius 1 is 1.19 bits per heavy atom. The summed E-state index contributed by atoms with van der Waals surface area (Å²) in [6.45, 7) is 4.73. The maximum absolute atomic E-state index is 11.7. The number of hydrogen-bond acceptors (Lipinski definition) is 3. The molecule has 0 unspecified atom stereocenters. The van der Waals surface area contributed by atoms with Gasteiger partial charge in [0, 0.05) is 13.1 Å². The minimum atomic E-state index is -3.39. The molecule has 5 nitrogen and oxygen atoms in total. The second-order valence-corrected chi connectivity index (χ2v) is 5.45. The summed E-state index contributed by atoms with van der Waals surface area (Å²) < 4.78 is 24.7. The Labute approximate surface area is 103 Å². The lowest BCUT2D eigenvalue weighted by molar-refractivity contribution is -0.136. The zero-order valence-corrected chi connectivity index (χ0v) is 11.3. The molecule has 0 amide bonds.